The molecule has 0 N–H and O–H groups in total. The first-order chi connectivity index (χ1) is 16.7. The molecule has 184 valence electrons. The van der Waals surface area contributed by atoms with E-state index in [0.29, 0.717) is 31.7 Å². The van der Waals surface area contributed by atoms with Crippen LogP contribution in [0.4, 0.5) is 5.82 Å². The summed E-state index contributed by atoms with van der Waals surface area (Å²) in [6.07, 6.45) is 0. The molecule has 1 fully saturated rings. The number of esters is 1. The molecule has 1 aliphatic rings. The fraction of sp³-hybridized carbons (Fsp3) is 0.346. The summed E-state index contributed by atoms with van der Waals surface area (Å²) in [6.45, 7) is 9.93. The van der Waals surface area contributed by atoms with Crippen LogP contribution in [0.25, 0.3) is 11.3 Å². The molecule has 3 aromatic rings. The van der Waals surface area contributed by atoms with Crippen molar-refractivity contribution in [3.8, 4) is 11.3 Å². The van der Waals surface area contributed by atoms with Crippen molar-refractivity contribution in [1.82, 2.24) is 14.5 Å². The smallest absolute Gasteiger partial charge is 0.338 e. The second-order valence-corrected chi connectivity index (χ2v) is 10.6. The Morgan fingerprint density at radius 2 is 1.54 bits per heavy atom. The van der Waals surface area contributed by atoms with Gasteiger partial charge in [-0.15, -0.1) is 10.2 Å². The molecule has 0 atom stereocenters. The third-order valence-corrected chi connectivity index (χ3v) is 8.25. The fourth-order valence-corrected chi connectivity index (χ4v) is 5.58. The molecule has 9 heteroatoms. The lowest BCUT2D eigenvalue weighted by atomic mass is 9.99. The Bertz CT molecular complexity index is 1310. The molecule has 0 aliphatic carbocycles. The number of sulfonamides is 1. The highest BCUT2D eigenvalue weighted by atomic mass is 32.2. The minimum absolute atomic E-state index is 0.159. The molecule has 1 aliphatic heterocycles. The van der Waals surface area contributed by atoms with E-state index in [1.807, 2.05) is 17.0 Å². The number of aromatic nitrogens is 2. The van der Waals surface area contributed by atoms with Crippen LogP contribution in [0.1, 0.15) is 34.0 Å². The highest BCUT2D eigenvalue weighted by Crippen LogP contribution is 2.26. The van der Waals surface area contributed by atoms with Gasteiger partial charge in [0.2, 0.25) is 10.0 Å². The topological polar surface area (TPSA) is 92.7 Å². The monoisotopic (exact) mass is 494 g/mol. The van der Waals surface area contributed by atoms with Gasteiger partial charge in [-0.05, 0) is 86.8 Å². The van der Waals surface area contributed by atoms with E-state index in [2.05, 4.69) is 43.1 Å². The number of anilines is 1. The SMILES string of the molecule is CCOC(=O)c1ccc(S(=O)(=O)N2CCN(c3ccc(-c4cc(C)c(C)cc4C)nn3)CC2)cc1. The van der Waals surface area contributed by atoms with Crippen LogP contribution in [0, 0.1) is 20.8 Å². The zero-order chi connectivity index (χ0) is 25.2. The van der Waals surface area contributed by atoms with Gasteiger partial charge in [-0.3, -0.25) is 0 Å². The largest absolute Gasteiger partial charge is 0.462 e. The molecule has 35 heavy (non-hydrogen) atoms. The molecule has 0 unspecified atom stereocenters. The molecule has 1 aromatic heterocycles. The molecule has 4 rings (SSSR count). The standard InChI is InChI=1S/C26H30N4O4S/c1-5-34-26(31)21-6-8-22(9-7-21)35(32,33)30-14-12-29(13-15-30)25-11-10-24(27-28-25)23-17-19(3)18(2)16-20(23)4/h6-11,16-17H,5,12-15H2,1-4H3. The molecular weight excluding hydrogens is 464 g/mol. The Morgan fingerprint density at radius 1 is 0.886 bits per heavy atom. The van der Waals surface area contributed by atoms with Gasteiger partial charge in [0.25, 0.3) is 0 Å². The summed E-state index contributed by atoms with van der Waals surface area (Å²) in [5.74, 6) is 0.260. The third-order valence-electron chi connectivity index (χ3n) is 6.33. The maximum Gasteiger partial charge on any atom is 0.338 e. The minimum atomic E-state index is -3.66. The zero-order valence-electron chi connectivity index (χ0n) is 20.5. The second-order valence-electron chi connectivity index (χ2n) is 8.66. The number of ether oxygens (including phenoxy) is 1. The fourth-order valence-electron chi connectivity index (χ4n) is 4.16. The molecule has 0 amide bonds. The zero-order valence-corrected chi connectivity index (χ0v) is 21.3. The maximum atomic E-state index is 13.1. The van der Waals surface area contributed by atoms with Gasteiger partial charge in [-0.2, -0.15) is 4.31 Å². The van der Waals surface area contributed by atoms with Crippen molar-refractivity contribution < 1.29 is 17.9 Å². The van der Waals surface area contributed by atoms with Gasteiger partial charge in [0, 0.05) is 31.7 Å². The van der Waals surface area contributed by atoms with E-state index in [1.165, 1.54) is 39.7 Å². The lowest BCUT2D eigenvalue weighted by Crippen LogP contribution is -2.49. The van der Waals surface area contributed by atoms with Crippen LogP contribution in [0.2, 0.25) is 0 Å². The first-order valence-corrected chi connectivity index (χ1v) is 13.1. The summed E-state index contributed by atoms with van der Waals surface area (Å²) >= 11 is 0. The molecule has 1 saturated heterocycles. The van der Waals surface area contributed by atoms with E-state index in [1.54, 1.807) is 6.92 Å². The number of nitrogens with zero attached hydrogens (tertiary/aromatic N) is 4. The van der Waals surface area contributed by atoms with Crippen LogP contribution >= 0.6 is 0 Å². The molecule has 0 saturated carbocycles. The van der Waals surface area contributed by atoms with Crippen LogP contribution in [0.15, 0.2) is 53.4 Å². The number of piperazine rings is 1. The van der Waals surface area contributed by atoms with Gasteiger partial charge < -0.3 is 9.64 Å². The highest BCUT2D eigenvalue weighted by molar-refractivity contribution is 7.89. The first kappa shape index (κ1) is 24.8. The van der Waals surface area contributed by atoms with Crippen molar-refractivity contribution in [3.63, 3.8) is 0 Å². The van der Waals surface area contributed by atoms with Crippen LogP contribution < -0.4 is 4.90 Å². The number of rotatable bonds is 6. The lowest BCUT2D eigenvalue weighted by Gasteiger charge is -2.34. The third kappa shape index (κ3) is 5.21. The molecule has 0 bridgehead atoms. The molecule has 0 radical (unpaired) electrons. The van der Waals surface area contributed by atoms with Crippen LogP contribution in [0.3, 0.4) is 0 Å². The van der Waals surface area contributed by atoms with Crippen molar-refractivity contribution in [3.05, 3.63) is 70.8 Å². The Kier molecular flexibility index (Phi) is 7.18. The summed E-state index contributed by atoms with van der Waals surface area (Å²) in [6, 6.07) is 14.1. The minimum Gasteiger partial charge on any atom is -0.462 e. The quantitative estimate of drug-likeness (QED) is 0.482. The summed E-state index contributed by atoms with van der Waals surface area (Å²) in [7, 11) is -3.66. The van der Waals surface area contributed by atoms with Gasteiger partial charge in [0.05, 0.1) is 22.8 Å². The van der Waals surface area contributed by atoms with E-state index < -0.39 is 16.0 Å². The van der Waals surface area contributed by atoms with Crippen molar-refractivity contribution in [1.29, 1.82) is 0 Å². The highest BCUT2D eigenvalue weighted by Gasteiger charge is 2.29. The van der Waals surface area contributed by atoms with Crippen LogP contribution in [0.5, 0.6) is 0 Å². The van der Waals surface area contributed by atoms with Gasteiger partial charge in [0.15, 0.2) is 5.82 Å². The molecule has 0 spiro atoms. The van der Waals surface area contributed by atoms with Crippen molar-refractivity contribution in [2.75, 3.05) is 37.7 Å². The molecule has 2 heterocycles. The Hall–Kier alpha value is -3.30. The van der Waals surface area contributed by atoms with Crippen molar-refractivity contribution in [2.24, 2.45) is 0 Å². The summed E-state index contributed by atoms with van der Waals surface area (Å²) in [4.78, 5) is 14.0. The average Bonchev–Trinajstić information content (AvgIpc) is 2.87. The first-order valence-electron chi connectivity index (χ1n) is 11.6. The van der Waals surface area contributed by atoms with E-state index in [9.17, 15) is 13.2 Å². The summed E-state index contributed by atoms with van der Waals surface area (Å²) < 4.78 is 32.6. The molecular formula is C26H30N4O4S. The van der Waals surface area contributed by atoms with E-state index >= 15 is 0 Å². The number of hydrogen-bond donors (Lipinski definition) is 0. The van der Waals surface area contributed by atoms with E-state index in [4.69, 9.17) is 4.74 Å². The molecule has 2 aromatic carbocycles. The van der Waals surface area contributed by atoms with Gasteiger partial charge in [0.1, 0.15) is 0 Å². The molecule has 8 nitrogen and oxygen atoms in total. The predicted molar refractivity (Wildman–Crippen MR) is 135 cm³/mol. The number of aryl methyl sites for hydroxylation is 3. The van der Waals surface area contributed by atoms with Crippen LogP contribution in [-0.2, 0) is 14.8 Å². The van der Waals surface area contributed by atoms with Crippen LogP contribution in [-0.4, -0.2) is 61.7 Å². The van der Waals surface area contributed by atoms with Crippen molar-refractivity contribution in [2.45, 2.75) is 32.6 Å². The number of hydrogen-bond acceptors (Lipinski definition) is 7. The van der Waals surface area contributed by atoms with E-state index in [-0.39, 0.29) is 11.5 Å². The second kappa shape index (κ2) is 10.1. The number of benzene rings is 2. The number of carbonyl (C=O) groups is 1. The Morgan fingerprint density at radius 3 is 2.14 bits per heavy atom. The summed E-state index contributed by atoms with van der Waals surface area (Å²) in [5, 5.41) is 8.87. The van der Waals surface area contributed by atoms with Crippen molar-refractivity contribution >= 4 is 21.8 Å². The van der Waals surface area contributed by atoms with Gasteiger partial charge in [-0.25, -0.2) is 13.2 Å². The Labute approximate surface area is 206 Å². The number of carbonyl (C=O) groups excluding carboxylic acids is 1. The predicted octanol–water partition coefficient (Wildman–Crippen LogP) is 3.76. The maximum absolute atomic E-state index is 13.1. The summed E-state index contributed by atoms with van der Waals surface area (Å²) in [5.41, 5.74) is 5.83. The van der Waals surface area contributed by atoms with Gasteiger partial charge in [-0.1, -0.05) is 6.07 Å². The lowest BCUT2D eigenvalue weighted by molar-refractivity contribution is 0.0526. The Balaban J connectivity index is 1.42. The average molecular weight is 495 g/mol. The normalized spacial score (nSPS) is 14.7. The van der Waals surface area contributed by atoms with Gasteiger partial charge >= 0.3 is 5.97 Å². The van der Waals surface area contributed by atoms with E-state index in [0.717, 1.165) is 22.6 Å².